The molecular weight excluding hydrogens is 224 g/mol. The lowest BCUT2D eigenvalue weighted by atomic mass is 10.1. The minimum absolute atomic E-state index is 0.891. The fraction of sp³-hybridized carbons (Fsp3) is 0.133. The van der Waals surface area contributed by atoms with Crippen molar-refractivity contribution in [2.24, 2.45) is 0 Å². The van der Waals surface area contributed by atoms with Gasteiger partial charge in [0.1, 0.15) is 11.6 Å². The van der Waals surface area contributed by atoms with Gasteiger partial charge in [-0.25, -0.2) is 4.98 Å². The van der Waals surface area contributed by atoms with Gasteiger partial charge in [0.25, 0.3) is 0 Å². The molecule has 3 heteroatoms. The van der Waals surface area contributed by atoms with E-state index in [1.807, 2.05) is 43.3 Å². The average Bonchev–Trinajstić information content (AvgIpc) is 2.82. The maximum atomic E-state index is 5.26. The summed E-state index contributed by atoms with van der Waals surface area (Å²) in [7, 11) is 1.68. The van der Waals surface area contributed by atoms with Gasteiger partial charge in [0.05, 0.1) is 18.1 Å². The number of hydrogen-bond donors (Lipinski definition) is 1. The van der Waals surface area contributed by atoms with Crippen LogP contribution in [0.3, 0.4) is 0 Å². The van der Waals surface area contributed by atoms with Crippen molar-refractivity contribution in [3.63, 3.8) is 0 Å². The Bertz CT molecular complexity index is 668. The van der Waals surface area contributed by atoms with E-state index in [2.05, 4.69) is 16.0 Å². The van der Waals surface area contributed by atoms with Crippen LogP contribution >= 0.6 is 0 Å². The molecule has 1 aromatic heterocycles. The predicted molar refractivity (Wildman–Crippen MR) is 72.8 cm³/mol. The number of nitrogens with one attached hydrogen (secondary N) is 1. The highest BCUT2D eigenvalue weighted by molar-refractivity contribution is 5.79. The maximum Gasteiger partial charge on any atom is 0.138 e. The van der Waals surface area contributed by atoms with Gasteiger partial charge >= 0.3 is 0 Å². The Morgan fingerprint density at radius 2 is 1.94 bits per heavy atom. The number of aromatic nitrogens is 2. The Balaban J connectivity index is 2.11. The van der Waals surface area contributed by atoms with Gasteiger partial charge in [0.15, 0.2) is 0 Å². The third-order valence-corrected chi connectivity index (χ3v) is 3.06. The molecule has 0 radical (unpaired) electrons. The molecule has 0 saturated heterocycles. The molecule has 3 nitrogen and oxygen atoms in total. The van der Waals surface area contributed by atoms with Crippen LogP contribution in [-0.2, 0) is 0 Å². The van der Waals surface area contributed by atoms with Crippen molar-refractivity contribution in [3.8, 4) is 17.1 Å². The number of benzene rings is 2. The van der Waals surface area contributed by atoms with Crippen LogP contribution in [-0.4, -0.2) is 17.1 Å². The highest BCUT2D eigenvalue weighted by Crippen LogP contribution is 2.25. The number of ether oxygens (including phenoxy) is 1. The predicted octanol–water partition coefficient (Wildman–Crippen LogP) is 3.55. The topological polar surface area (TPSA) is 37.9 Å². The number of hydrogen-bond acceptors (Lipinski definition) is 2. The van der Waals surface area contributed by atoms with Gasteiger partial charge in [-0.2, -0.15) is 0 Å². The van der Waals surface area contributed by atoms with Crippen molar-refractivity contribution >= 4 is 11.0 Å². The first-order valence-corrected chi connectivity index (χ1v) is 5.87. The van der Waals surface area contributed by atoms with Gasteiger partial charge < -0.3 is 9.72 Å². The Morgan fingerprint density at radius 3 is 2.67 bits per heavy atom. The Labute approximate surface area is 105 Å². The molecule has 0 spiro atoms. The number of imidazole rings is 1. The van der Waals surface area contributed by atoms with Gasteiger partial charge in [-0.15, -0.1) is 0 Å². The first kappa shape index (κ1) is 10.8. The minimum Gasteiger partial charge on any atom is -0.496 e. The Hall–Kier alpha value is -2.29. The van der Waals surface area contributed by atoms with E-state index in [1.165, 1.54) is 0 Å². The normalized spacial score (nSPS) is 10.8. The molecule has 18 heavy (non-hydrogen) atoms. The summed E-state index contributed by atoms with van der Waals surface area (Å²) < 4.78 is 5.26. The first-order chi connectivity index (χ1) is 8.78. The van der Waals surface area contributed by atoms with Gasteiger partial charge in [0.2, 0.25) is 0 Å². The molecule has 3 aromatic rings. The summed E-state index contributed by atoms with van der Waals surface area (Å²) >= 11 is 0. The molecule has 0 unspecified atom stereocenters. The van der Waals surface area contributed by atoms with Crippen molar-refractivity contribution < 1.29 is 4.74 Å². The first-order valence-electron chi connectivity index (χ1n) is 5.87. The molecule has 3 rings (SSSR count). The molecule has 0 atom stereocenters. The monoisotopic (exact) mass is 238 g/mol. The molecule has 0 aliphatic rings. The van der Waals surface area contributed by atoms with Crippen LogP contribution in [0.4, 0.5) is 0 Å². The SMILES string of the molecule is COc1ccc(-c2nc3ccccc3[nH]2)cc1C. The van der Waals surface area contributed by atoms with Crippen LogP contribution < -0.4 is 4.74 Å². The largest absolute Gasteiger partial charge is 0.496 e. The highest BCUT2D eigenvalue weighted by atomic mass is 16.5. The zero-order chi connectivity index (χ0) is 12.5. The molecule has 0 fully saturated rings. The molecule has 0 saturated carbocycles. The van der Waals surface area contributed by atoms with E-state index in [9.17, 15) is 0 Å². The second-order valence-electron chi connectivity index (χ2n) is 4.29. The van der Waals surface area contributed by atoms with Gasteiger partial charge in [-0.1, -0.05) is 12.1 Å². The summed E-state index contributed by atoms with van der Waals surface area (Å²) in [6.07, 6.45) is 0. The van der Waals surface area contributed by atoms with Crippen LogP contribution in [0.15, 0.2) is 42.5 Å². The Kier molecular flexibility index (Phi) is 2.52. The van der Waals surface area contributed by atoms with E-state index < -0.39 is 0 Å². The second-order valence-corrected chi connectivity index (χ2v) is 4.29. The molecule has 1 N–H and O–H groups in total. The van der Waals surface area contributed by atoms with Crippen LogP contribution in [0.5, 0.6) is 5.75 Å². The van der Waals surface area contributed by atoms with E-state index in [4.69, 9.17) is 4.74 Å². The number of fused-ring (bicyclic) bond motifs is 1. The van der Waals surface area contributed by atoms with E-state index in [-0.39, 0.29) is 0 Å². The van der Waals surface area contributed by atoms with Crippen molar-refractivity contribution in [1.29, 1.82) is 0 Å². The summed E-state index contributed by atoms with van der Waals surface area (Å²) in [5, 5.41) is 0. The van der Waals surface area contributed by atoms with Gasteiger partial charge in [-0.3, -0.25) is 0 Å². The third-order valence-electron chi connectivity index (χ3n) is 3.06. The summed E-state index contributed by atoms with van der Waals surface area (Å²) in [5.41, 5.74) is 4.22. The number of H-pyrrole nitrogens is 1. The smallest absolute Gasteiger partial charge is 0.138 e. The third kappa shape index (κ3) is 1.74. The van der Waals surface area contributed by atoms with E-state index in [1.54, 1.807) is 7.11 Å². The maximum absolute atomic E-state index is 5.26. The number of para-hydroxylation sites is 2. The summed E-state index contributed by atoms with van der Waals surface area (Å²) in [6, 6.07) is 14.1. The van der Waals surface area contributed by atoms with Crippen LogP contribution in [0.1, 0.15) is 5.56 Å². The lowest BCUT2D eigenvalue weighted by molar-refractivity contribution is 0.412. The van der Waals surface area contributed by atoms with E-state index in [0.717, 1.165) is 33.7 Å². The molecule has 0 amide bonds. The average molecular weight is 238 g/mol. The molecule has 0 aliphatic carbocycles. The number of aromatic amines is 1. The fourth-order valence-electron chi connectivity index (χ4n) is 2.12. The minimum atomic E-state index is 0.891. The van der Waals surface area contributed by atoms with E-state index in [0.29, 0.717) is 0 Å². The van der Waals surface area contributed by atoms with Gasteiger partial charge in [0, 0.05) is 5.56 Å². The van der Waals surface area contributed by atoms with E-state index >= 15 is 0 Å². The Morgan fingerprint density at radius 1 is 1.11 bits per heavy atom. The second kappa shape index (κ2) is 4.18. The van der Waals surface area contributed by atoms with Crippen molar-refractivity contribution in [2.45, 2.75) is 6.92 Å². The lowest BCUT2D eigenvalue weighted by Gasteiger charge is -2.05. The number of rotatable bonds is 2. The molecule has 90 valence electrons. The molecule has 1 heterocycles. The van der Waals surface area contributed by atoms with Crippen molar-refractivity contribution in [2.75, 3.05) is 7.11 Å². The lowest BCUT2D eigenvalue weighted by Crippen LogP contribution is -1.88. The standard InChI is InChI=1S/C15H14N2O/c1-10-9-11(7-8-14(10)18-2)15-16-12-5-3-4-6-13(12)17-15/h3-9H,1-2H3,(H,16,17). The van der Waals surface area contributed by atoms with Crippen LogP contribution in [0.25, 0.3) is 22.4 Å². The quantitative estimate of drug-likeness (QED) is 0.741. The summed E-state index contributed by atoms with van der Waals surface area (Å²) in [4.78, 5) is 7.91. The fourth-order valence-corrected chi connectivity index (χ4v) is 2.12. The van der Waals surface area contributed by atoms with Crippen LogP contribution in [0.2, 0.25) is 0 Å². The molecule has 0 aliphatic heterocycles. The molecule has 2 aromatic carbocycles. The van der Waals surface area contributed by atoms with Crippen LogP contribution in [0, 0.1) is 6.92 Å². The summed E-state index contributed by atoms with van der Waals surface area (Å²) in [6.45, 7) is 2.03. The van der Waals surface area contributed by atoms with Gasteiger partial charge in [-0.05, 0) is 42.8 Å². The van der Waals surface area contributed by atoms with Crippen molar-refractivity contribution in [3.05, 3.63) is 48.0 Å². The zero-order valence-electron chi connectivity index (χ0n) is 10.4. The molecular formula is C15H14N2O. The number of nitrogens with zero attached hydrogens (tertiary/aromatic N) is 1. The summed E-state index contributed by atoms with van der Waals surface area (Å²) in [5.74, 6) is 1.79. The molecule has 0 bridgehead atoms. The van der Waals surface area contributed by atoms with Crippen molar-refractivity contribution in [1.82, 2.24) is 9.97 Å². The zero-order valence-corrected chi connectivity index (χ0v) is 10.4. The number of methoxy groups -OCH3 is 1. The number of aryl methyl sites for hydroxylation is 1. The highest BCUT2D eigenvalue weighted by Gasteiger charge is 2.06.